The highest BCUT2D eigenvalue weighted by atomic mass is 32.2. The Balaban J connectivity index is 1.70. The topological polar surface area (TPSA) is 57.7 Å². The summed E-state index contributed by atoms with van der Waals surface area (Å²) in [5.74, 6) is -0.913. The first-order chi connectivity index (χ1) is 11.5. The number of anilines is 1. The van der Waals surface area contributed by atoms with Gasteiger partial charge in [-0.3, -0.25) is 4.79 Å². The summed E-state index contributed by atoms with van der Waals surface area (Å²) >= 11 is 0. The van der Waals surface area contributed by atoms with Gasteiger partial charge >= 0.3 is 0 Å². The minimum Gasteiger partial charge on any atom is -0.310 e. The molecule has 0 N–H and O–H groups in total. The predicted octanol–water partition coefficient (Wildman–Crippen LogP) is 2.00. The van der Waals surface area contributed by atoms with E-state index in [0.717, 1.165) is 5.69 Å². The van der Waals surface area contributed by atoms with Crippen molar-refractivity contribution in [2.45, 2.75) is 5.75 Å². The van der Waals surface area contributed by atoms with Crippen LogP contribution >= 0.6 is 0 Å². The van der Waals surface area contributed by atoms with Crippen LogP contribution in [0.5, 0.6) is 0 Å². The molecule has 0 unspecified atom stereocenters. The van der Waals surface area contributed by atoms with E-state index in [9.17, 15) is 17.6 Å². The van der Waals surface area contributed by atoms with E-state index in [1.165, 1.54) is 28.6 Å². The predicted molar refractivity (Wildman–Crippen MR) is 89.4 cm³/mol. The number of rotatable bonds is 4. The molecule has 1 heterocycles. The Kier molecular flexibility index (Phi) is 4.64. The van der Waals surface area contributed by atoms with Crippen molar-refractivity contribution in [2.24, 2.45) is 0 Å². The van der Waals surface area contributed by atoms with Crippen molar-refractivity contribution < 1.29 is 17.6 Å². The van der Waals surface area contributed by atoms with Gasteiger partial charge in [0.1, 0.15) is 5.82 Å². The summed E-state index contributed by atoms with van der Waals surface area (Å²) in [4.78, 5) is 13.9. The van der Waals surface area contributed by atoms with E-state index >= 15 is 0 Å². The van der Waals surface area contributed by atoms with Gasteiger partial charge < -0.3 is 4.90 Å². The Morgan fingerprint density at radius 2 is 1.62 bits per heavy atom. The molecule has 7 heteroatoms. The zero-order valence-electron chi connectivity index (χ0n) is 12.9. The highest BCUT2D eigenvalue weighted by Crippen LogP contribution is 2.19. The Morgan fingerprint density at radius 3 is 2.25 bits per heavy atom. The fourth-order valence-corrected chi connectivity index (χ4v) is 4.12. The lowest BCUT2D eigenvalue weighted by molar-refractivity contribution is -0.119. The number of para-hydroxylation sites is 1. The van der Waals surface area contributed by atoms with Crippen LogP contribution in [-0.2, 0) is 20.6 Å². The van der Waals surface area contributed by atoms with Crippen LogP contribution in [0.2, 0.25) is 0 Å². The molecule has 0 saturated carbocycles. The van der Waals surface area contributed by atoms with Gasteiger partial charge in [0.25, 0.3) is 0 Å². The molecule has 2 aromatic carbocycles. The summed E-state index contributed by atoms with van der Waals surface area (Å²) in [6, 6.07) is 14.5. The van der Waals surface area contributed by atoms with Crippen LogP contribution in [0.3, 0.4) is 0 Å². The largest absolute Gasteiger partial charge is 0.310 e. The number of sulfonamides is 1. The number of hydrogen-bond acceptors (Lipinski definition) is 3. The summed E-state index contributed by atoms with van der Waals surface area (Å²) < 4.78 is 39.1. The minimum atomic E-state index is -3.62. The second-order valence-corrected chi connectivity index (χ2v) is 7.57. The van der Waals surface area contributed by atoms with Crippen molar-refractivity contribution in [2.75, 3.05) is 24.5 Å². The lowest BCUT2D eigenvalue weighted by Crippen LogP contribution is -2.52. The lowest BCUT2D eigenvalue weighted by atomic mass is 10.2. The molecular formula is C17H17FN2O3S. The molecular weight excluding hydrogens is 331 g/mol. The van der Waals surface area contributed by atoms with E-state index < -0.39 is 15.8 Å². The Bertz CT molecular complexity index is 823. The van der Waals surface area contributed by atoms with Crippen LogP contribution in [-0.4, -0.2) is 38.3 Å². The summed E-state index contributed by atoms with van der Waals surface area (Å²) in [6.45, 7) is 0.369. The van der Waals surface area contributed by atoms with E-state index in [0.29, 0.717) is 12.1 Å². The zero-order chi connectivity index (χ0) is 17.2. The lowest BCUT2D eigenvalue weighted by Gasteiger charge is -2.33. The van der Waals surface area contributed by atoms with Crippen molar-refractivity contribution in [3.05, 3.63) is 66.0 Å². The van der Waals surface area contributed by atoms with E-state index in [-0.39, 0.29) is 24.7 Å². The molecule has 0 aromatic heterocycles. The van der Waals surface area contributed by atoms with Crippen molar-refractivity contribution in [1.29, 1.82) is 0 Å². The number of carbonyl (C=O) groups excluding carboxylic acids is 1. The number of hydrogen-bond donors (Lipinski definition) is 0. The van der Waals surface area contributed by atoms with Gasteiger partial charge in [-0.15, -0.1) is 0 Å². The van der Waals surface area contributed by atoms with Crippen molar-refractivity contribution in [3.8, 4) is 0 Å². The average molecular weight is 348 g/mol. The van der Waals surface area contributed by atoms with E-state index in [4.69, 9.17) is 0 Å². The van der Waals surface area contributed by atoms with Gasteiger partial charge in [0, 0.05) is 18.8 Å². The van der Waals surface area contributed by atoms with Crippen molar-refractivity contribution in [1.82, 2.24) is 4.31 Å². The zero-order valence-corrected chi connectivity index (χ0v) is 13.7. The number of carbonyl (C=O) groups is 1. The maximum Gasteiger partial charge on any atom is 0.242 e. The Morgan fingerprint density at radius 1 is 0.958 bits per heavy atom. The van der Waals surface area contributed by atoms with E-state index in [1.54, 1.807) is 4.90 Å². The normalized spacial score (nSPS) is 16.4. The molecule has 1 amide bonds. The van der Waals surface area contributed by atoms with E-state index in [2.05, 4.69) is 0 Å². The van der Waals surface area contributed by atoms with Crippen LogP contribution in [0.15, 0.2) is 54.6 Å². The minimum absolute atomic E-state index is 0.182. The third kappa shape index (κ3) is 3.63. The molecule has 1 fully saturated rings. The molecule has 24 heavy (non-hydrogen) atoms. The second kappa shape index (κ2) is 6.70. The number of benzene rings is 2. The Hall–Kier alpha value is -2.25. The SMILES string of the molecule is O=C1CN(S(=O)(=O)Cc2ccc(F)cc2)CCN1c1ccccc1. The molecule has 5 nitrogen and oxygen atoms in total. The number of amides is 1. The van der Waals surface area contributed by atoms with Crippen molar-refractivity contribution in [3.63, 3.8) is 0 Å². The fraction of sp³-hybridized carbons (Fsp3) is 0.235. The summed E-state index contributed by atoms with van der Waals surface area (Å²) in [6.07, 6.45) is 0. The maximum atomic E-state index is 12.9. The third-order valence-electron chi connectivity index (χ3n) is 3.91. The summed E-state index contributed by atoms with van der Waals surface area (Å²) in [5.41, 5.74) is 1.26. The Labute approximate surface area is 140 Å². The molecule has 2 aromatic rings. The molecule has 3 rings (SSSR count). The van der Waals surface area contributed by atoms with Crippen LogP contribution in [0.1, 0.15) is 5.56 Å². The molecule has 0 spiro atoms. The first-order valence-electron chi connectivity index (χ1n) is 7.53. The van der Waals surface area contributed by atoms with Gasteiger partial charge in [-0.25, -0.2) is 12.8 Å². The molecule has 0 radical (unpaired) electrons. The monoisotopic (exact) mass is 348 g/mol. The third-order valence-corrected chi connectivity index (χ3v) is 5.71. The molecule has 1 aliphatic rings. The number of nitrogens with zero attached hydrogens (tertiary/aromatic N) is 2. The first kappa shape index (κ1) is 16.6. The van der Waals surface area contributed by atoms with Crippen molar-refractivity contribution >= 4 is 21.6 Å². The summed E-state index contributed by atoms with van der Waals surface area (Å²) in [7, 11) is -3.62. The molecule has 0 atom stereocenters. The highest BCUT2D eigenvalue weighted by molar-refractivity contribution is 7.88. The van der Waals surface area contributed by atoms with Crippen LogP contribution in [0.25, 0.3) is 0 Å². The highest BCUT2D eigenvalue weighted by Gasteiger charge is 2.32. The second-order valence-electron chi connectivity index (χ2n) is 5.60. The standard InChI is InChI=1S/C17H17FN2O3S/c18-15-8-6-14(7-9-15)13-24(22,23)19-10-11-20(17(21)12-19)16-4-2-1-3-5-16/h1-9H,10-13H2. The smallest absolute Gasteiger partial charge is 0.242 e. The quantitative estimate of drug-likeness (QED) is 0.849. The van der Waals surface area contributed by atoms with Crippen LogP contribution in [0.4, 0.5) is 10.1 Å². The average Bonchev–Trinajstić information content (AvgIpc) is 2.57. The molecule has 1 saturated heterocycles. The maximum absolute atomic E-state index is 12.9. The molecule has 126 valence electrons. The van der Waals surface area contributed by atoms with Crippen LogP contribution < -0.4 is 4.90 Å². The number of halogens is 1. The van der Waals surface area contributed by atoms with Gasteiger partial charge in [-0.2, -0.15) is 4.31 Å². The molecule has 1 aliphatic heterocycles. The van der Waals surface area contributed by atoms with Crippen LogP contribution in [0, 0.1) is 5.82 Å². The van der Waals surface area contributed by atoms with Gasteiger partial charge in [-0.05, 0) is 29.8 Å². The number of piperazine rings is 1. The van der Waals surface area contributed by atoms with Gasteiger partial charge in [-0.1, -0.05) is 30.3 Å². The molecule has 0 bridgehead atoms. The first-order valence-corrected chi connectivity index (χ1v) is 9.14. The summed E-state index contributed by atoms with van der Waals surface area (Å²) in [5, 5.41) is 0. The van der Waals surface area contributed by atoms with E-state index in [1.807, 2.05) is 30.3 Å². The van der Waals surface area contributed by atoms with Gasteiger partial charge in [0.2, 0.25) is 15.9 Å². The molecule has 0 aliphatic carbocycles. The van der Waals surface area contributed by atoms with Gasteiger partial charge in [0.15, 0.2) is 0 Å². The van der Waals surface area contributed by atoms with Gasteiger partial charge in [0.05, 0.1) is 12.3 Å². The fourth-order valence-electron chi connectivity index (χ4n) is 2.65.